The van der Waals surface area contributed by atoms with Crippen LogP contribution < -0.4 is 0 Å². The van der Waals surface area contributed by atoms with Crippen molar-refractivity contribution < 1.29 is 30.0 Å². The average molecular weight is 384 g/mol. The van der Waals surface area contributed by atoms with Gasteiger partial charge in [0.2, 0.25) is 0 Å². The van der Waals surface area contributed by atoms with Crippen molar-refractivity contribution >= 4 is 34.4 Å². The number of hydrogen-bond acceptors (Lipinski definition) is 4. The van der Waals surface area contributed by atoms with Gasteiger partial charge in [-0.3, -0.25) is 4.79 Å². The van der Waals surface area contributed by atoms with E-state index in [1.807, 2.05) is 30.5 Å². The molecule has 0 unspecified atom stereocenters. The lowest BCUT2D eigenvalue weighted by molar-refractivity contribution is -0.168. The third-order valence-electron chi connectivity index (χ3n) is 4.33. The molecular formula is C18H22ClNO6. The topological polar surface area (TPSA) is 120 Å². The monoisotopic (exact) mass is 383 g/mol. The van der Waals surface area contributed by atoms with Gasteiger partial charge in [0.05, 0.1) is 12.5 Å². The number of aliphatic carboxylic acids is 2. The Balaban J connectivity index is 1.83. The van der Waals surface area contributed by atoms with E-state index in [1.165, 1.54) is 0 Å². The lowest BCUT2D eigenvalue weighted by atomic mass is 9.91. The molecule has 2 atom stereocenters. The molecule has 4 N–H and O–H groups in total. The van der Waals surface area contributed by atoms with Gasteiger partial charge in [-0.25, -0.2) is 4.79 Å². The van der Waals surface area contributed by atoms with Crippen LogP contribution in [0.15, 0.2) is 30.5 Å². The number of unbranched alkanes of at least 4 members (excludes halogenated alkanes) is 1. The number of fused-ring (bicyclic) bond motifs is 1. The van der Waals surface area contributed by atoms with Crippen molar-refractivity contribution in [1.82, 2.24) is 4.57 Å². The van der Waals surface area contributed by atoms with Crippen molar-refractivity contribution in [2.75, 3.05) is 0 Å². The molecule has 0 aliphatic carbocycles. The molecule has 8 heteroatoms. The molecular weight excluding hydrogens is 362 g/mol. The number of nitrogens with zero attached hydrogens (tertiary/aromatic N) is 1. The van der Waals surface area contributed by atoms with Crippen LogP contribution in [0.2, 0.25) is 5.02 Å². The molecule has 2 aromatic rings. The maximum Gasteiger partial charge on any atom is 0.336 e. The first-order valence-electron chi connectivity index (χ1n) is 8.31. The van der Waals surface area contributed by atoms with Gasteiger partial charge in [0.1, 0.15) is 0 Å². The summed E-state index contributed by atoms with van der Waals surface area (Å²) in [7, 11) is 0. The molecule has 0 bridgehead atoms. The fraction of sp³-hybridized carbons (Fsp3) is 0.444. The van der Waals surface area contributed by atoms with Crippen molar-refractivity contribution in [3.8, 4) is 0 Å². The van der Waals surface area contributed by atoms with Crippen LogP contribution in [0.25, 0.3) is 10.9 Å². The summed E-state index contributed by atoms with van der Waals surface area (Å²) in [5.74, 6) is -3.07. The van der Waals surface area contributed by atoms with Crippen LogP contribution in [0, 0.1) is 0 Å². The van der Waals surface area contributed by atoms with Gasteiger partial charge >= 0.3 is 11.9 Å². The van der Waals surface area contributed by atoms with Crippen molar-refractivity contribution in [3.63, 3.8) is 0 Å². The van der Waals surface area contributed by atoms with E-state index in [0.717, 1.165) is 23.9 Å². The van der Waals surface area contributed by atoms with E-state index in [4.69, 9.17) is 21.8 Å². The second kappa shape index (κ2) is 8.53. The highest BCUT2D eigenvalue weighted by Crippen LogP contribution is 2.23. The highest BCUT2D eigenvalue weighted by atomic mass is 35.5. The summed E-state index contributed by atoms with van der Waals surface area (Å²) in [5, 5.41) is 39.3. The smallest absolute Gasteiger partial charge is 0.336 e. The Bertz CT molecular complexity index is 789. The molecule has 0 fully saturated rings. The molecule has 7 nitrogen and oxygen atoms in total. The summed E-state index contributed by atoms with van der Waals surface area (Å²) in [6.07, 6.45) is 1.03. The van der Waals surface area contributed by atoms with Gasteiger partial charge in [-0.2, -0.15) is 0 Å². The molecule has 1 aromatic carbocycles. The van der Waals surface area contributed by atoms with Gasteiger partial charge in [0.25, 0.3) is 0 Å². The first-order valence-corrected chi connectivity index (χ1v) is 8.69. The van der Waals surface area contributed by atoms with Gasteiger partial charge in [0, 0.05) is 35.1 Å². The van der Waals surface area contributed by atoms with Crippen LogP contribution in [0.4, 0.5) is 0 Å². The van der Waals surface area contributed by atoms with Gasteiger partial charge in [0.15, 0.2) is 5.60 Å². The molecule has 2 rings (SSSR count). The van der Waals surface area contributed by atoms with E-state index in [1.54, 1.807) is 0 Å². The van der Waals surface area contributed by atoms with Gasteiger partial charge in [-0.05, 0) is 43.5 Å². The maximum atomic E-state index is 11.1. The van der Waals surface area contributed by atoms with Gasteiger partial charge in [-0.15, -0.1) is 0 Å². The number of halogens is 1. The normalized spacial score (nSPS) is 14.9. The zero-order chi connectivity index (χ0) is 19.3. The quantitative estimate of drug-likeness (QED) is 0.468. The van der Waals surface area contributed by atoms with Crippen LogP contribution in [0.1, 0.15) is 32.1 Å². The van der Waals surface area contributed by atoms with E-state index in [9.17, 15) is 19.8 Å². The molecule has 0 aliphatic rings. The molecule has 0 aliphatic heterocycles. The number of benzene rings is 1. The number of aromatic nitrogens is 1. The van der Waals surface area contributed by atoms with Crippen molar-refractivity contribution in [3.05, 3.63) is 35.5 Å². The first kappa shape index (κ1) is 20.2. The fourth-order valence-corrected chi connectivity index (χ4v) is 3.19. The minimum absolute atomic E-state index is 0.278. The van der Waals surface area contributed by atoms with Crippen LogP contribution in [0.5, 0.6) is 0 Å². The summed E-state index contributed by atoms with van der Waals surface area (Å²) in [4.78, 5) is 21.8. The Hall–Kier alpha value is -2.09. The fourth-order valence-electron chi connectivity index (χ4n) is 3.01. The Labute approximate surface area is 155 Å². The number of carbonyl (C=O) groups is 2. The van der Waals surface area contributed by atoms with E-state index in [-0.39, 0.29) is 6.42 Å². The van der Waals surface area contributed by atoms with E-state index in [0.29, 0.717) is 11.4 Å². The number of carboxylic acid groups (broad SMARTS) is 2. The van der Waals surface area contributed by atoms with Crippen LogP contribution >= 0.6 is 11.6 Å². The first-order chi connectivity index (χ1) is 12.2. The molecule has 1 aromatic heterocycles. The standard InChI is InChI=1S/C18H22ClNO6/c19-13-4-5-15-12(9-13)6-8-20(15)7-2-1-3-14(21)10-18(26,17(24)25)11-16(22)23/h4-6,8-9,14,21,26H,1-3,7,10-11H2,(H,22,23)(H,24,25)/t14-,18+/m1/s1. The predicted octanol–water partition coefficient (Wildman–Crippen LogP) is 2.51. The number of aryl methyl sites for hydroxylation is 1. The molecule has 142 valence electrons. The Morgan fingerprint density at radius 1 is 1.19 bits per heavy atom. The second-order valence-corrected chi connectivity index (χ2v) is 6.91. The van der Waals surface area contributed by atoms with Gasteiger partial charge in [-0.1, -0.05) is 11.6 Å². The largest absolute Gasteiger partial charge is 0.481 e. The van der Waals surface area contributed by atoms with Crippen LogP contribution in [-0.2, 0) is 16.1 Å². The summed E-state index contributed by atoms with van der Waals surface area (Å²) >= 11 is 5.96. The Morgan fingerprint density at radius 3 is 2.58 bits per heavy atom. The molecule has 0 amide bonds. The highest BCUT2D eigenvalue weighted by Gasteiger charge is 2.40. The van der Waals surface area contributed by atoms with Crippen molar-refractivity contribution in [1.29, 1.82) is 0 Å². The number of aliphatic hydroxyl groups excluding tert-OH is 1. The number of aliphatic hydroxyl groups is 2. The second-order valence-electron chi connectivity index (χ2n) is 6.47. The average Bonchev–Trinajstić information content (AvgIpc) is 2.92. The minimum Gasteiger partial charge on any atom is -0.481 e. The van der Waals surface area contributed by atoms with E-state index < -0.39 is 36.5 Å². The molecule has 0 radical (unpaired) electrons. The Kier molecular flexibility index (Phi) is 6.63. The zero-order valence-electron chi connectivity index (χ0n) is 14.1. The minimum atomic E-state index is -2.46. The van der Waals surface area contributed by atoms with Gasteiger partial charge < -0.3 is 25.0 Å². The molecule has 26 heavy (non-hydrogen) atoms. The summed E-state index contributed by atoms with van der Waals surface area (Å²) in [5.41, 5.74) is -1.40. The SMILES string of the molecule is O=C(O)C[C@@](O)(C[C@H](O)CCCCn1ccc2cc(Cl)ccc21)C(=O)O. The summed E-state index contributed by atoms with van der Waals surface area (Å²) < 4.78 is 2.07. The van der Waals surface area contributed by atoms with Crippen LogP contribution in [0.3, 0.4) is 0 Å². The molecule has 0 saturated heterocycles. The zero-order valence-corrected chi connectivity index (χ0v) is 14.9. The van der Waals surface area contributed by atoms with Crippen molar-refractivity contribution in [2.45, 2.75) is 50.4 Å². The maximum absolute atomic E-state index is 11.1. The Morgan fingerprint density at radius 2 is 1.92 bits per heavy atom. The summed E-state index contributed by atoms with van der Waals surface area (Å²) in [6, 6.07) is 7.60. The predicted molar refractivity (Wildman–Crippen MR) is 96.3 cm³/mol. The van der Waals surface area contributed by atoms with E-state index in [2.05, 4.69) is 4.57 Å². The number of rotatable bonds is 10. The third kappa shape index (κ3) is 5.20. The molecule has 0 spiro atoms. The third-order valence-corrected chi connectivity index (χ3v) is 4.57. The lowest BCUT2D eigenvalue weighted by Gasteiger charge is -2.24. The molecule has 1 heterocycles. The molecule has 0 saturated carbocycles. The summed E-state index contributed by atoms with van der Waals surface area (Å²) in [6.45, 7) is 0.718. The van der Waals surface area contributed by atoms with E-state index >= 15 is 0 Å². The highest BCUT2D eigenvalue weighted by molar-refractivity contribution is 6.31. The number of hydrogen-bond donors (Lipinski definition) is 4. The van der Waals surface area contributed by atoms with Crippen LogP contribution in [-0.4, -0.2) is 48.6 Å². The lowest BCUT2D eigenvalue weighted by Crippen LogP contribution is -2.43. The van der Waals surface area contributed by atoms with Crippen molar-refractivity contribution in [2.24, 2.45) is 0 Å². The number of carboxylic acids is 2.